The fraction of sp³-hybridized carbons (Fsp3) is 0.364. The molecule has 1 fully saturated rings. The Morgan fingerprint density at radius 1 is 1.10 bits per heavy atom. The van der Waals surface area contributed by atoms with E-state index in [0.29, 0.717) is 37.1 Å². The van der Waals surface area contributed by atoms with Gasteiger partial charge in [-0.1, -0.05) is 29.8 Å². The van der Waals surface area contributed by atoms with Crippen molar-refractivity contribution in [1.82, 2.24) is 19.7 Å². The molecule has 7 nitrogen and oxygen atoms in total. The maximum Gasteiger partial charge on any atom is 0.254 e. The van der Waals surface area contributed by atoms with Crippen LogP contribution in [0.25, 0.3) is 22.3 Å². The van der Waals surface area contributed by atoms with Gasteiger partial charge in [0.15, 0.2) is 5.65 Å². The fourth-order valence-electron chi connectivity index (χ4n) is 4.02. The number of hydrogen-bond donors (Lipinski definition) is 1. The lowest BCUT2D eigenvalue weighted by Crippen LogP contribution is -2.41. The number of aromatic nitrogens is 3. The van der Waals surface area contributed by atoms with Crippen LogP contribution in [0, 0.1) is 19.8 Å². The standard InChI is InChI=1S/C22H25N5O2/c1-13-4-6-15(7-5-13)18-12-17(19-14(2)25-26(3)21(19)24-18)22(29)27-10-8-16(9-11-27)20(23)28/h4-7,12,16H,8-11H2,1-3H3,(H2,23,28). The van der Waals surface area contributed by atoms with Crippen LogP contribution in [0.5, 0.6) is 0 Å². The third-order valence-corrected chi connectivity index (χ3v) is 5.73. The predicted octanol–water partition coefficient (Wildman–Crippen LogP) is 2.59. The molecule has 1 aromatic carbocycles. The summed E-state index contributed by atoms with van der Waals surface area (Å²) in [5, 5.41) is 5.27. The lowest BCUT2D eigenvalue weighted by Gasteiger charge is -2.30. The van der Waals surface area contributed by atoms with E-state index in [1.54, 1.807) is 9.58 Å². The van der Waals surface area contributed by atoms with Crippen molar-refractivity contribution in [2.45, 2.75) is 26.7 Å². The van der Waals surface area contributed by atoms with Gasteiger partial charge in [-0.25, -0.2) is 4.98 Å². The maximum atomic E-state index is 13.4. The SMILES string of the molecule is Cc1ccc(-c2cc(C(=O)N3CCC(C(N)=O)CC3)c3c(C)nn(C)c3n2)cc1. The van der Waals surface area contributed by atoms with Gasteiger partial charge in [0.05, 0.1) is 22.3 Å². The fourth-order valence-corrected chi connectivity index (χ4v) is 4.02. The van der Waals surface area contributed by atoms with E-state index in [1.165, 1.54) is 5.56 Å². The van der Waals surface area contributed by atoms with Gasteiger partial charge in [-0.05, 0) is 32.8 Å². The second-order valence-corrected chi connectivity index (χ2v) is 7.80. The third-order valence-electron chi connectivity index (χ3n) is 5.73. The quantitative estimate of drug-likeness (QED) is 0.742. The molecule has 2 N–H and O–H groups in total. The van der Waals surface area contributed by atoms with Crippen LogP contribution < -0.4 is 5.73 Å². The molecule has 150 valence electrons. The van der Waals surface area contributed by atoms with Gasteiger partial charge in [0.2, 0.25) is 5.91 Å². The number of likely N-dealkylation sites (tertiary alicyclic amines) is 1. The average Bonchev–Trinajstić information content (AvgIpc) is 3.01. The number of hydrogen-bond acceptors (Lipinski definition) is 4. The number of carbonyl (C=O) groups is 2. The molecule has 29 heavy (non-hydrogen) atoms. The maximum absolute atomic E-state index is 13.4. The van der Waals surface area contributed by atoms with Crippen molar-refractivity contribution in [2.75, 3.05) is 13.1 Å². The van der Waals surface area contributed by atoms with E-state index in [-0.39, 0.29) is 17.7 Å². The summed E-state index contributed by atoms with van der Waals surface area (Å²) >= 11 is 0. The molecular formula is C22H25N5O2. The molecule has 0 unspecified atom stereocenters. The molecule has 0 spiro atoms. The molecule has 0 saturated carbocycles. The molecule has 7 heteroatoms. The molecule has 3 aromatic rings. The van der Waals surface area contributed by atoms with Crippen LogP contribution in [0.3, 0.4) is 0 Å². The third kappa shape index (κ3) is 3.48. The number of piperidine rings is 1. The molecule has 1 aliphatic rings. The van der Waals surface area contributed by atoms with Crippen LogP contribution in [-0.2, 0) is 11.8 Å². The molecule has 1 saturated heterocycles. The molecular weight excluding hydrogens is 366 g/mol. The number of benzene rings is 1. The van der Waals surface area contributed by atoms with Crippen LogP contribution in [0.2, 0.25) is 0 Å². The minimum absolute atomic E-state index is 0.0511. The molecule has 0 aliphatic carbocycles. The first kappa shape index (κ1) is 19.1. The van der Waals surface area contributed by atoms with Crippen molar-refractivity contribution in [2.24, 2.45) is 18.7 Å². The van der Waals surface area contributed by atoms with Crippen molar-refractivity contribution in [3.05, 3.63) is 47.2 Å². The Morgan fingerprint density at radius 3 is 2.38 bits per heavy atom. The van der Waals surface area contributed by atoms with Gasteiger partial charge < -0.3 is 10.6 Å². The highest BCUT2D eigenvalue weighted by Crippen LogP contribution is 2.29. The molecule has 0 radical (unpaired) electrons. The van der Waals surface area contributed by atoms with Gasteiger partial charge in [0.1, 0.15) is 0 Å². The van der Waals surface area contributed by atoms with Gasteiger partial charge in [-0.15, -0.1) is 0 Å². The Hall–Kier alpha value is -3.22. The second kappa shape index (κ2) is 7.31. The van der Waals surface area contributed by atoms with E-state index < -0.39 is 0 Å². The van der Waals surface area contributed by atoms with E-state index in [9.17, 15) is 9.59 Å². The second-order valence-electron chi connectivity index (χ2n) is 7.80. The van der Waals surface area contributed by atoms with Crippen LogP contribution in [0.1, 0.15) is 34.5 Å². The summed E-state index contributed by atoms with van der Waals surface area (Å²) in [5.41, 5.74) is 10.4. The molecule has 2 amide bonds. The van der Waals surface area contributed by atoms with Gasteiger partial charge >= 0.3 is 0 Å². The van der Waals surface area contributed by atoms with Crippen molar-refractivity contribution in [1.29, 1.82) is 0 Å². The lowest BCUT2D eigenvalue weighted by atomic mass is 9.95. The van der Waals surface area contributed by atoms with Crippen molar-refractivity contribution < 1.29 is 9.59 Å². The molecule has 2 aromatic heterocycles. The van der Waals surface area contributed by atoms with Gasteiger partial charge in [0, 0.05) is 31.6 Å². The van der Waals surface area contributed by atoms with Crippen molar-refractivity contribution in [3.63, 3.8) is 0 Å². The van der Waals surface area contributed by atoms with E-state index in [2.05, 4.69) is 5.10 Å². The number of pyridine rings is 1. The number of amides is 2. The first-order chi connectivity index (χ1) is 13.8. The van der Waals surface area contributed by atoms with Crippen LogP contribution in [0.4, 0.5) is 0 Å². The van der Waals surface area contributed by atoms with Gasteiger partial charge in [-0.2, -0.15) is 5.10 Å². The smallest absolute Gasteiger partial charge is 0.254 e. The lowest BCUT2D eigenvalue weighted by molar-refractivity contribution is -0.123. The minimum atomic E-state index is -0.284. The summed E-state index contributed by atoms with van der Waals surface area (Å²) in [7, 11) is 1.84. The first-order valence-corrected chi connectivity index (χ1v) is 9.85. The monoisotopic (exact) mass is 391 g/mol. The van der Waals surface area contributed by atoms with E-state index in [1.807, 2.05) is 51.2 Å². The number of primary amides is 1. The van der Waals surface area contributed by atoms with Gasteiger partial charge in [0.25, 0.3) is 5.91 Å². The van der Waals surface area contributed by atoms with Crippen molar-refractivity contribution >= 4 is 22.8 Å². The normalized spacial score (nSPS) is 15.1. The Kier molecular flexibility index (Phi) is 4.82. The first-order valence-electron chi connectivity index (χ1n) is 9.85. The summed E-state index contributed by atoms with van der Waals surface area (Å²) in [6.45, 7) is 4.98. The minimum Gasteiger partial charge on any atom is -0.369 e. The molecule has 3 heterocycles. The summed E-state index contributed by atoms with van der Waals surface area (Å²) in [4.78, 5) is 31.5. The number of nitrogens with zero attached hydrogens (tertiary/aromatic N) is 4. The molecule has 4 rings (SSSR count). The summed E-state index contributed by atoms with van der Waals surface area (Å²) < 4.78 is 1.72. The van der Waals surface area contributed by atoms with Crippen molar-refractivity contribution in [3.8, 4) is 11.3 Å². The largest absolute Gasteiger partial charge is 0.369 e. The van der Waals surface area contributed by atoms with E-state index in [4.69, 9.17) is 10.7 Å². The Bertz CT molecular complexity index is 1090. The van der Waals surface area contributed by atoms with Crippen LogP contribution >= 0.6 is 0 Å². The molecule has 0 bridgehead atoms. The summed E-state index contributed by atoms with van der Waals surface area (Å²) in [6.07, 6.45) is 1.21. The highest BCUT2D eigenvalue weighted by molar-refractivity contribution is 6.07. The topological polar surface area (TPSA) is 94.1 Å². The van der Waals surface area contributed by atoms with Crippen LogP contribution in [0.15, 0.2) is 30.3 Å². The molecule has 0 atom stereocenters. The highest BCUT2D eigenvalue weighted by Gasteiger charge is 2.29. The van der Waals surface area contributed by atoms with Gasteiger partial charge in [-0.3, -0.25) is 14.3 Å². The summed E-state index contributed by atoms with van der Waals surface area (Å²) in [6, 6.07) is 9.96. The number of nitrogens with two attached hydrogens (primary N) is 1. The van der Waals surface area contributed by atoms with E-state index >= 15 is 0 Å². The zero-order valence-corrected chi connectivity index (χ0v) is 17.0. The number of carbonyl (C=O) groups excluding carboxylic acids is 2. The zero-order valence-electron chi connectivity index (χ0n) is 17.0. The predicted molar refractivity (Wildman–Crippen MR) is 111 cm³/mol. The van der Waals surface area contributed by atoms with Crippen LogP contribution in [-0.4, -0.2) is 44.6 Å². The zero-order chi connectivity index (χ0) is 20.7. The highest BCUT2D eigenvalue weighted by atomic mass is 16.2. The molecule has 1 aliphatic heterocycles. The number of rotatable bonds is 3. The Labute approximate surface area is 169 Å². The average molecular weight is 391 g/mol. The Morgan fingerprint density at radius 2 is 1.76 bits per heavy atom. The summed E-state index contributed by atoms with van der Waals surface area (Å²) in [5.74, 6) is -0.488. The van der Waals surface area contributed by atoms with E-state index in [0.717, 1.165) is 22.3 Å². The number of fused-ring (bicyclic) bond motifs is 1. The Balaban J connectivity index is 1.77. The number of aryl methyl sites for hydroxylation is 3.